The Bertz CT molecular complexity index is 805. The van der Waals surface area contributed by atoms with Crippen molar-refractivity contribution >= 4 is 27.6 Å². The second kappa shape index (κ2) is 8.14. The minimum absolute atomic E-state index is 0.224. The van der Waals surface area contributed by atoms with E-state index in [4.69, 9.17) is 21.1 Å². The van der Waals surface area contributed by atoms with E-state index in [1.54, 1.807) is 48.5 Å². The SMILES string of the molecule is COc1ccccc1OC(=O)CNS(=O)(=O)Cc1ccc(Cl)cc1. The van der Waals surface area contributed by atoms with Crippen LogP contribution in [-0.2, 0) is 20.6 Å². The van der Waals surface area contributed by atoms with Crippen LogP contribution < -0.4 is 14.2 Å². The van der Waals surface area contributed by atoms with E-state index >= 15 is 0 Å². The lowest BCUT2D eigenvalue weighted by Crippen LogP contribution is -2.32. The zero-order valence-corrected chi connectivity index (χ0v) is 14.4. The zero-order chi connectivity index (χ0) is 17.6. The number of rotatable bonds is 7. The van der Waals surface area contributed by atoms with Crippen molar-refractivity contribution in [1.82, 2.24) is 4.72 Å². The molecule has 8 heteroatoms. The van der Waals surface area contributed by atoms with E-state index in [2.05, 4.69) is 4.72 Å². The number of para-hydroxylation sites is 2. The van der Waals surface area contributed by atoms with Gasteiger partial charge in [0, 0.05) is 5.02 Å². The number of carbonyl (C=O) groups is 1. The van der Waals surface area contributed by atoms with Crippen LogP contribution in [-0.4, -0.2) is 28.0 Å². The first-order valence-corrected chi connectivity index (χ1v) is 8.98. The molecule has 0 aliphatic carbocycles. The highest BCUT2D eigenvalue weighted by Gasteiger charge is 2.15. The predicted molar refractivity (Wildman–Crippen MR) is 90.7 cm³/mol. The Hall–Kier alpha value is -2.09. The first kappa shape index (κ1) is 18.3. The average Bonchev–Trinajstić information content (AvgIpc) is 2.56. The molecule has 0 amide bonds. The number of carbonyl (C=O) groups excluding carboxylic acids is 1. The normalized spacial score (nSPS) is 11.1. The minimum Gasteiger partial charge on any atom is -0.493 e. The van der Waals surface area contributed by atoms with Crippen molar-refractivity contribution in [3.63, 3.8) is 0 Å². The Morgan fingerprint density at radius 2 is 1.71 bits per heavy atom. The first-order valence-electron chi connectivity index (χ1n) is 6.95. The van der Waals surface area contributed by atoms with E-state index in [1.807, 2.05) is 0 Å². The molecule has 0 spiro atoms. The molecule has 0 aromatic heterocycles. The summed E-state index contributed by atoms with van der Waals surface area (Å²) in [5, 5.41) is 0.518. The first-order chi connectivity index (χ1) is 11.4. The van der Waals surface area contributed by atoms with Gasteiger partial charge in [-0.05, 0) is 29.8 Å². The Kier molecular flexibility index (Phi) is 6.19. The summed E-state index contributed by atoms with van der Waals surface area (Å²) in [6, 6.07) is 13.0. The number of ether oxygens (including phenoxy) is 2. The highest BCUT2D eigenvalue weighted by Crippen LogP contribution is 2.25. The molecule has 24 heavy (non-hydrogen) atoms. The molecule has 6 nitrogen and oxygen atoms in total. The molecule has 0 aliphatic rings. The fourth-order valence-corrected chi connectivity index (χ4v) is 3.08. The Labute approximate surface area is 145 Å². The highest BCUT2D eigenvalue weighted by molar-refractivity contribution is 7.88. The summed E-state index contributed by atoms with van der Waals surface area (Å²) in [5.74, 6) is -0.387. The summed E-state index contributed by atoms with van der Waals surface area (Å²) in [4.78, 5) is 11.8. The second-order valence-electron chi connectivity index (χ2n) is 4.83. The predicted octanol–water partition coefficient (Wildman–Crippen LogP) is 2.37. The molecule has 0 saturated carbocycles. The lowest BCUT2D eigenvalue weighted by atomic mass is 10.2. The van der Waals surface area contributed by atoms with Crippen LogP contribution in [0.1, 0.15) is 5.56 Å². The average molecular weight is 370 g/mol. The van der Waals surface area contributed by atoms with Crippen molar-refractivity contribution in [3.8, 4) is 11.5 Å². The van der Waals surface area contributed by atoms with Gasteiger partial charge in [-0.15, -0.1) is 0 Å². The maximum Gasteiger partial charge on any atom is 0.326 e. The van der Waals surface area contributed by atoms with Crippen LogP contribution in [0.3, 0.4) is 0 Å². The maximum atomic E-state index is 12.0. The van der Waals surface area contributed by atoms with Crippen LogP contribution in [0.2, 0.25) is 5.02 Å². The summed E-state index contributed by atoms with van der Waals surface area (Å²) >= 11 is 5.75. The van der Waals surface area contributed by atoms with E-state index in [0.717, 1.165) is 0 Å². The van der Waals surface area contributed by atoms with Crippen LogP contribution in [0, 0.1) is 0 Å². The van der Waals surface area contributed by atoms with Gasteiger partial charge in [0.25, 0.3) is 0 Å². The number of benzene rings is 2. The fourth-order valence-electron chi connectivity index (χ4n) is 1.88. The quantitative estimate of drug-likeness (QED) is 0.598. The third kappa shape index (κ3) is 5.52. The van der Waals surface area contributed by atoms with E-state index < -0.39 is 22.5 Å². The molecule has 2 aromatic carbocycles. The van der Waals surface area contributed by atoms with Crippen molar-refractivity contribution < 1.29 is 22.7 Å². The molecule has 128 valence electrons. The molecule has 2 rings (SSSR count). The van der Waals surface area contributed by atoms with Gasteiger partial charge in [0.1, 0.15) is 6.54 Å². The van der Waals surface area contributed by atoms with Crippen LogP contribution in [0.5, 0.6) is 11.5 Å². The largest absolute Gasteiger partial charge is 0.493 e. The number of nitrogens with one attached hydrogen (secondary N) is 1. The molecule has 0 atom stereocenters. The van der Waals surface area contributed by atoms with Gasteiger partial charge in [-0.25, -0.2) is 13.1 Å². The Balaban J connectivity index is 1.91. The third-order valence-corrected chi connectivity index (χ3v) is 4.55. The molecular formula is C16H16ClNO5S. The number of methoxy groups -OCH3 is 1. The summed E-state index contributed by atoms with van der Waals surface area (Å²) in [7, 11) is -2.23. The maximum absolute atomic E-state index is 12.0. The molecule has 0 heterocycles. The fraction of sp³-hybridized carbons (Fsp3) is 0.188. The van der Waals surface area contributed by atoms with Gasteiger partial charge >= 0.3 is 5.97 Å². The third-order valence-electron chi connectivity index (χ3n) is 3.00. The molecule has 0 saturated heterocycles. The summed E-state index contributed by atoms with van der Waals surface area (Å²) in [5.41, 5.74) is 0.560. The summed E-state index contributed by atoms with van der Waals surface area (Å²) < 4.78 is 36.3. The number of esters is 1. The van der Waals surface area contributed by atoms with Gasteiger partial charge in [-0.1, -0.05) is 35.9 Å². The van der Waals surface area contributed by atoms with Crippen LogP contribution in [0.4, 0.5) is 0 Å². The smallest absolute Gasteiger partial charge is 0.326 e. The molecule has 0 fully saturated rings. The molecule has 0 aliphatic heterocycles. The van der Waals surface area contributed by atoms with Gasteiger partial charge < -0.3 is 9.47 Å². The highest BCUT2D eigenvalue weighted by atomic mass is 35.5. The van der Waals surface area contributed by atoms with E-state index in [1.165, 1.54) is 7.11 Å². The molecule has 2 aromatic rings. The zero-order valence-electron chi connectivity index (χ0n) is 12.9. The lowest BCUT2D eigenvalue weighted by molar-refractivity contribution is -0.133. The van der Waals surface area contributed by atoms with E-state index in [9.17, 15) is 13.2 Å². The number of halogens is 1. The van der Waals surface area contributed by atoms with Crippen molar-refractivity contribution in [3.05, 3.63) is 59.1 Å². The molecule has 0 bridgehead atoms. The van der Waals surface area contributed by atoms with Crippen molar-refractivity contribution in [2.75, 3.05) is 13.7 Å². The van der Waals surface area contributed by atoms with Gasteiger partial charge in [0.05, 0.1) is 12.9 Å². The summed E-state index contributed by atoms with van der Waals surface area (Å²) in [6.07, 6.45) is 0. The number of hydrogen-bond acceptors (Lipinski definition) is 5. The minimum atomic E-state index is -3.68. The van der Waals surface area contributed by atoms with Crippen LogP contribution in [0.15, 0.2) is 48.5 Å². The van der Waals surface area contributed by atoms with Gasteiger partial charge in [0.15, 0.2) is 11.5 Å². The van der Waals surface area contributed by atoms with E-state index in [0.29, 0.717) is 16.3 Å². The van der Waals surface area contributed by atoms with Crippen LogP contribution in [0.25, 0.3) is 0 Å². The van der Waals surface area contributed by atoms with Gasteiger partial charge in [0.2, 0.25) is 10.0 Å². The van der Waals surface area contributed by atoms with Gasteiger partial charge in [-0.3, -0.25) is 4.79 Å². The molecule has 0 unspecified atom stereocenters. The topological polar surface area (TPSA) is 81.7 Å². The standard InChI is InChI=1S/C16H16ClNO5S/c1-22-14-4-2-3-5-15(14)23-16(19)10-18-24(20,21)11-12-6-8-13(17)9-7-12/h2-9,18H,10-11H2,1H3. The lowest BCUT2D eigenvalue weighted by Gasteiger charge is -2.10. The van der Waals surface area contributed by atoms with Gasteiger partial charge in [-0.2, -0.15) is 0 Å². The van der Waals surface area contributed by atoms with Crippen LogP contribution >= 0.6 is 11.6 Å². The number of sulfonamides is 1. The Morgan fingerprint density at radius 1 is 1.08 bits per heavy atom. The Morgan fingerprint density at radius 3 is 2.33 bits per heavy atom. The van der Waals surface area contributed by atoms with Crippen molar-refractivity contribution in [1.29, 1.82) is 0 Å². The molecular weight excluding hydrogens is 354 g/mol. The molecule has 1 N–H and O–H groups in total. The van der Waals surface area contributed by atoms with E-state index in [-0.39, 0.29) is 11.5 Å². The monoisotopic (exact) mass is 369 g/mol. The number of hydrogen-bond donors (Lipinski definition) is 1. The second-order valence-corrected chi connectivity index (χ2v) is 7.07. The van der Waals surface area contributed by atoms with Crippen molar-refractivity contribution in [2.24, 2.45) is 0 Å². The molecule has 0 radical (unpaired) electrons. The summed E-state index contributed by atoms with van der Waals surface area (Å²) in [6.45, 7) is -0.478. The van der Waals surface area contributed by atoms with Crippen molar-refractivity contribution in [2.45, 2.75) is 5.75 Å².